The van der Waals surface area contributed by atoms with E-state index in [-0.39, 0.29) is 4.87 Å². The largest absolute Gasteiger partial charge is 0.348 e. The number of thioether (sulfide) groups is 1. The van der Waals surface area contributed by atoms with Crippen molar-refractivity contribution in [1.29, 1.82) is 5.26 Å². The quantitative estimate of drug-likeness (QED) is 0.547. The van der Waals surface area contributed by atoms with Crippen LogP contribution >= 0.6 is 11.8 Å². The van der Waals surface area contributed by atoms with Gasteiger partial charge in [-0.15, -0.1) is 0 Å². The maximum Gasteiger partial charge on any atom is 0.135 e. The molecule has 1 aromatic carbocycles. The molecule has 0 spiro atoms. The monoisotopic (exact) mass is 204 g/mol. The molecule has 0 bridgehead atoms. The van der Waals surface area contributed by atoms with Crippen molar-refractivity contribution in [2.24, 2.45) is 0 Å². The van der Waals surface area contributed by atoms with Crippen LogP contribution in [0.5, 0.6) is 0 Å². The van der Waals surface area contributed by atoms with Crippen molar-refractivity contribution in [2.75, 3.05) is 4.90 Å². The predicted octanol–water partition coefficient (Wildman–Crippen LogP) is 2.83. The highest BCUT2D eigenvalue weighted by Crippen LogP contribution is 2.51. The number of rotatable bonds is 2. The summed E-state index contributed by atoms with van der Waals surface area (Å²) in [5.74, 6) is 0. The molecule has 0 saturated carbocycles. The van der Waals surface area contributed by atoms with Gasteiger partial charge in [0.1, 0.15) is 10.3 Å². The van der Waals surface area contributed by atoms with Crippen LogP contribution in [0.1, 0.15) is 13.8 Å². The zero-order valence-electron chi connectivity index (χ0n) is 8.27. The molecule has 0 radical (unpaired) electrons. The van der Waals surface area contributed by atoms with Gasteiger partial charge in [-0.2, -0.15) is 5.26 Å². The fraction of sp³-hybridized carbons (Fsp3) is 0.364. The summed E-state index contributed by atoms with van der Waals surface area (Å²) in [6, 6.07) is 10.7. The van der Waals surface area contributed by atoms with Crippen LogP contribution in [-0.2, 0) is 0 Å². The number of anilines is 1. The Labute approximate surface area is 88.5 Å². The lowest BCUT2D eigenvalue weighted by Crippen LogP contribution is -2.06. The van der Waals surface area contributed by atoms with Crippen molar-refractivity contribution in [3.8, 4) is 5.40 Å². The zero-order chi connectivity index (χ0) is 10.2. The molecule has 1 aromatic rings. The fourth-order valence-electron chi connectivity index (χ4n) is 1.83. The van der Waals surface area contributed by atoms with E-state index in [1.165, 1.54) is 17.4 Å². The van der Waals surface area contributed by atoms with Gasteiger partial charge in [-0.3, -0.25) is 0 Å². The van der Waals surface area contributed by atoms with E-state index in [0.717, 1.165) is 0 Å². The predicted molar refractivity (Wildman–Crippen MR) is 60.0 cm³/mol. The molecular weight excluding hydrogens is 192 g/mol. The molecule has 0 aliphatic carbocycles. The van der Waals surface area contributed by atoms with Crippen molar-refractivity contribution in [3.05, 3.63) is 30.3 Å². The van der Waals surface area contributed by atoms with Gasteiger partial charge in [0.2, 0.25) is 0 Å². The molecule has 0 unspecified atom stereocenters. The van der Waals surface area contributed by atoms with Crippen LogP contribution in [0, 0.1) is 10.7 Å². The third-order valence-corrected chi connectivity index (χ3v) is 3.90. The van der Waals surface area contributed by atoms with E-state index >= 15 is 0 Å². The molecule has 3 heteroatoms. The Bertz CT molecular complexity index is 371. The number of hydrogen-bond acceptors (Lipinski definition) is 3. The number of para-hydroxylation sites is 1. The van der Waals surface area contributed by atoms with Crippen molar-refractivity contribution < 1.29 is 0 Å². The van der Waals surface area contributed by atoms with Gasteiger partial charge in [0.25, 0.3) is 0 Å². The fourth-order valence-corrected chi connectivity index (χ4v) is 2.60. The second kappa shape index (κ2) is 3.21. The summed E-state index contributed by atoms with van der Waals surface area (Å²) in [4.78, 5) is 2.23. The zero-order valence-corrected chi connectivity index (χ0v) is 9.08. The Hall–Kier alpha value is -1.14. The van der Waals surface area contributed by atoms with E-state index in [2.05, 4.69) is 36.3 Å². The topological polar surface area (TPSA) is 26.8 Å². The lowest BCUT2D eigenvalue weighted by atomic mass is 10.3. The maximum absolute atomic E-state index is 8.71. The number of nitriles is 1. The van der Waals surface area contributed by atoms with Gasteiger partial charge in [0.05, 0.1) is 6.04 Å². The Kier molecular flexibility index (Phi) is 2.16. The van der Waals surface area contributed by atoms with E-state index in [4.69, 9.17) is 5.26 Å². The first kappa shape index (κ1) is 9.42. The summed E-state index contributed by atoms with van der Waals surface area (Å²) in [6.45, 7) is 4.26. The molecule has 1 saturated heterocycles. The summed E-state index contributed by atoms with van der Waals surface area (Å²) in [6.07, 6.45) is 0. The molecule has 2 rings (SSSR count). The molecule has 0 aromatic heterocycles. The van der Waals surface area contributed by atoms with Gasteiger partial charge in [-0.1, -0.05) is 18.2 Å². The molecule has 1 aliphatic heterocycles. The number of benzene rings is 1. The minimum Gasteiger partial charge on any atom is -0.348 e. The molecular formula is C11H12N2S. The molecule has 1 aliphatic rings. The van der Waals surface area contributed by atoms with Crippen molar-refractivity contribution in [3.63, 3.8) is 0 Å². The Morgan fingerprint density at radius 3 is 2.64 bits per heavy atom. The second-order valence-corrected chi connectivity index (χ2v) is 4.84. The van der Waals surface area contributed by atoms with E-state index < -0.39 is 0 Å². The molecule has 1 fully saturated rings. The van der Waals surface area contributed by atoms with E-state index in [0.29, 0.717) is 6.04 Å². The average Bonchev–Trinajstić information content (AvgIpc) is 2.71. The van der Waals surface area contributed by atoms with Crippen LogP contribution in [0.4, 0.5) is 5.69 Å². The minimum absolute atomic E-state index is 0.0316. The summed E-state index contributed by atoms with van der Waals surface area (Å²) in [5, 5.41) is 10.9. The molecule has 72 valence electrons. The molecule has 0 N–H and O–H groups in total. The van der Waals surface area contributed by atoms with Gasteiger partial charge in [-0.05, 0) is 37.7 Å². The lowest BCUT2D eigenvalue weighted by molar-refractivity contribution is 0.983. The van der Waals surface area contributed by atoms with Crippen molar-refractivity contribution >= 4 is 17.4 Å². The summed E-state index contributed by atoms with van der Waals surface area (Å²) >= 11 is 1.34. The van der Waals surface area contributed by atoms with Crippen LogP contribution in [0.2, 0.25) is 0 Å². The van der Waals surface area contributed by atoms with Crippen LogP contribution in [0.25, 0.3) is 0 Å². The molecule has 0 amide bonds. The highest BCUT2D eigenvalue weighted by atomic mass is 32.2. The van der Waals surface area contributed by atoms with Crippen molar-refractivity contribution in [2.45, 2.75) is 24.8 Å². The SMILES string of the molecule is C[C@H]1N(c2ccccc2)[C@]1(C)SC#N. The van der Waals surface area contributed by atoms with E-state index in [1.807, 2.05) is 18.2 Å². The number of thiocyanates is 1. The Balaban J connectivity index is 2.21. The van der Waals surface area contributed by atoms with Gasteiger partial charge in [0, 0.05) is 5.69 Å². The highest BCUT2D eigenvalue weighted by Gasteiger charge is 2.57. The van der Waals surface area contributed by atoms with Crippen LogP contribution < -0.4 is 4.90 Å². The summed E-state index contributed by atoms with van der Waals surface area (Å²) in [5.41, 5.74) is 1.20. The average molecular weight is 204 g/mol. The van der Waals surface area contributed by atoms with E-state index in [9.17, 15) is 0 Å². The Morgan fingerprint density at radius 2 is 2.07 bits per heavy atom. The van der Waals surface area contributed by atoms with Crippen LogP contribution in [0.3, 0.4) is 0 Å². The molecule has 2 atom stereocenters. The smallest absolute Gasteiger partial charge is 0.135 e. The maximum atomic E-state index is 8.71. The normalized spacial score (nSPS) is 29.8. The molecule has 2 nitrogen and oxygen atoms in total. The molecule has 14 heavy (non-hydrogen) atoms. The van der Waals surface area contributed by atoms with Gasteiger partial charge < -0.3 is 4.90 Å². The third-order valence-electron chi connectivity index (χ3n) is 2.86. The molecule has 1 heterocycles. The standard InChI is InChI=1S/C11H12N2S/c1-9-11(2,14-8-12)13(9)10-6-4-3-5-7-10/h3-7,9H,1-2H3/t9-,11-,13?/m1/s1. The minimum atomic E-state index is -0.0316. The Morgan fingerprint density at radius 1 is 1.43 bits per heavy atom. The van der Waals surface area contributed by atoms with Gasteiger partial charge in [0.15, 0.2) is 0 Å². The second-order valence-electron chi connectivity index (χ2n) is 3.63. The summed E-state index contributed by atoms with van der Waals surface area (Å²) in [7, 11) is 0. The highest BCUT2D eigenvalue weighted by molar-refractivity contribution is 8.05. The van der Waals surface area contributed by atoms with Gasteiger partial charge >= 0.3 is 0 Å². The first-order chi connectivity index (χ1) is 6.70. The van der Waals surface area contributed by atoms with Crippen molar-refractivity contribution in [1.82, 2.24) is 0 Å². The summed E-state index contributed by atoms with van der Waals surface area (Å²) < 4.78 is 0. The number of nitrogens with zero attached hydrogens (tertiary/aromatic N) is 2. The first-order valence-corrected chi connectivity index (χ1v) is 5.43. The number of hydrogen-bond donors (Lipinski definition) is 0. The third kappa shape index (κ3) is 1.27. The lowest BCUT2D eigenvalue weighted by Gasteiger charge is -2.08. The first-order valence-electron chi connectivity index (χ1n) is 4.61. The van der Waals surface area contributed by atoms with Crippen LogP contribution in [0.15, 0.2) is 30.3 Å². The van der Waals surface area contributed by atoms with Gasteiger partial charge in [-0.25, -0.2) is 0 Å². The van der Waals surface area contributed by atoms with E-state index in [1.54, 1.807) is 0 Å². The van der Waals surface area contributed by atoms with Crippen LogP contribution in [-0.4, -0.2) is 10.9 Å².